The quantitative estimate of drug-likeness (QED) is 0.402. The van der Waals surface area contributed by atoms with E-state index in [2.05, 4.69) is 36.8 Å². The maximum Gasteiger partial charge on any atom is 0.320 e. The standard InChI is InChI=1S/C22H23N9O2/c1-24-19-11-17(28-21-18(12-27-31(19)21)29-22(32)26-8-6-23)16-13-30(14-4-9-33-10-5-14)20-15(16)3-2-7-25-20/h2-3,7,11-14,24H,4-5,8-10H2,1H3,(H2,26,29,32). The van der Waals surface area contributed by atoms with Gasteiger partial charge in [0.2, 0.25) is 0 Å². The summed E-state index contributed by atoms with van der Waals surface area (Å²) in [5, 5.41) is 22.4. The zero-order chi connectivity index (χ0) is 22.8. The fraction of sp³-hybridized carbons (Fsp3) is 0.318. The van der Waals surface area contributed by atoms with Crippen molar-refractivity contribution in [3.8, 4) is 17.3 Å². The van der Waals surface area contributed by atoms with E-state index in [1.807, 2.05) is 24.3 Å². The van der Waals surface area contributed by atoms with Crippen LogP contribution in [0.5, 0.6) is 0 Å². The van der Waals surface area contributed by atoms with Gasteiger partial charge in [0.25, 0.3) is 0 Å². The van der Waals surface area contributed by atoms with Gasteiger partial charge in [-0.3, -0.25) is 0 Å². The van der Waals surface area contributed by atoms with E-state index in [9.17, 15) is 4.79 Å². The summed E-state index contributed by atoms with van der Waals surface area (Å²) in [6, 6.07) is 7.58. The third-order valence-electron chi connectivity index (χ3n) is 5.75. The molecule has 5 rings (SSSR count). The molecule has 0 radical (unpaired) electrons. The SMILES string of the molecule is CNc1cc(-c2cn(C3CCOCC3)c3ncccc23)nc2c(NC(=O)NCC#N)cnn12. The number of ether oxygens (including phenoxy) is 1. The van der Waals surface area contributed by atoms with Crippen LogP contribution in [0.2, 0.25) is 0 Å². The first-order valence-corrected chi connectivity index (χ1v) is 10.7. The maximum absolute atomic E-state index is 12.1. The van der Waals surface area contributed by atoms with Crippen LogP contribution in [-0.2, 0) is 4.74 Å². The Morgan fingerprint density at radius 1 is 1.33 bits per heavy atom. The third kappa shape index (κ3) is 3.81. The van der Waals surface area contributed by atoms with Crippen LogP contribution in [0.25, 0.3) is 27.9 Å². The molecule has 1 aliphatic rings. The maximum atomic E-state index is 12.1. The van der Waals surface area contributed by atoms with Crippen LogP contribution in [0, 0.1) is 11.3 Å². The highest BCUT2D eigenvalue weighted by molar-refractivity contribution is 5.96. The molecule has 0 bridgehead atoms. The molecule has 168 valence electrons. The van der Waals surface area contributed by atoms with Crippen molar-refractivity contribution in [2.75, 3.05) is 37.4 Å². The first-order valence-electron chi connectivity index (χ1n) is 10.7. The summed E-state index contributed by atoms with van der Waals surface area (Å²) in [7, 11) is 1.81. The van der Waals surface area contributed by atoms with Gasteiger partial charge in [0.1, 0.15) is 23.7 Å². The highest BCUT2D eigenvalue weighted by atomic mass is 16.5. The molecule has 4 aromatic rings. The largest absolute Gasteiger partial charge is 0.381 e. The van der Waals surface area contributed by atoms with Gasteiger partial charge in [-0.2, -0.15) is 14.9 Å². The number of hydrogen-bond donors (Lipinski definition) is 3. The van der Waals surface area contributed by atoms with Crippen molar-refractivity contribution in [1.82, 2.24) is 29.5 Å². The van der Waals surface area contributed by atoms with Crippen molar-refractivity contribution in [3.05, 3.63) is 36.8 Å². The van der Waals surface area contributed by atoms with Gasteiger partial charge in [-0.1, -0.05) is 0 Å². The van der Waals surface area contributed by atoms with Crippen molar-refractivity contribution in [3.63, 3.8) is 0 Å². The number of urea groups is 1. The average Bonchev–Trinajstić information content (AvgIpc) is 3.44. The summed E-state index contributed by atoms with van der Waals surface area (Å²) in [6.45, 7) is 1.38. The molecule has 0 atom stereocenters. The normalized spacial score (nSPS) is 14.3. The van der Waals surface area contributed by atoms with Crippen LogP contribution in [0.1, 0.15) is 18.9 Å². The Morgan fingerprint density at radius 3 is 2.97 bits per heavy atom. The van der Waals surface area contributed by atoms with Gasteiger partial charge in [-0.05, 0) is 25.0 Å². The number of hydrogen-bond acceptors (Lipinski definition) is 7. The lowest BCUT2D eigenvalue weighted by atomic mass is 10.1. The number of nitrogens with one attached hydrogen (secondary N) is 3. The number of rotatable bonds is 5. The van der Waals surface area contributed by atoms with E-state index in [1.54, 1.807) is 17.8 Å². The molecule has 4 aromatic heterocycles. The van der Waals surface area contributed by atoms with Gasteiger partial charge in [0.15, 0.2) is 5.65 Å². The fourth-order valence-electron chi connectivity index (χ4n) is 4.18. The molecule has 1 fully saturated rings. The topological polar surface area (TPSA) is 134 Å². The van der Waals surface area contributed by atoms with E-state index in [0.29, 0.717) is 17.4 Å². The minimum atomic E-state index is -0.495. The summed E-state index contributed by atoms with van der Waals surface area (Å²) in [6.07, 6.45) is 7.31. The molecule has 3 N–H and O–H groups in total. The molecule has 11 heteroatoms. The summed E-state index contributed by atoms with van der Waals surface area (Å²) in [4.78, 5) is 21.6. The van der Waals surface area contributed by atoms with Crippen LogP contribution in [0.4, 0.5) is 16.3 Å². The van der Waals surface area contributed by atoms with E-state index in [0.717, 1.165) is 54.2 Å². The van der Waals surface area contributed by atoms with E-state index in [1.165, 1.54) is 6.20 Å². The number of carbonyl (C=O) groups is 1. The molecular formula is C22H23N9O2. The van der Waals surface area contributed by atoms with E-state index >= 15 is 0 Å². The van der Waals surface area contributed by atoms with Crippen LogP contribution in [-0.4, -0.2) is 57.0 Å². The molecule has 0 saturated carbocycles. The highest BCUT2D eigenvalue weighted by Gasteiger charge is 2.22. The number of nitriles is 1. The Hall–Kier alpha value is -4.17. The van der Waals surface area contributed by atoms with Gasteiger partial charge in [0, 0.05) is 55.7 Å². The lowest BCUT2D eigenvalue weighted by Crippen LogP contribution is -2.28. The lowest BCUT2D eigenvalue weighted by molar-refractivity contribution is 0.0706. The Balaban J connectivity index is 1.62. The molecule has 0 aromatic carbocycles. The van der Waals surface area contributed by atoms with E-state index in [-0.39, 0.29) is 6.54 Å². The van der Waals surface area contributed by atoms with Gasteiger partial charge in [-0.15, -0.1) is 0 Å². The summed E-state index contributed by atoms with van der Waals surface area (Å²) in [5.41, 5.74) is 3.52. The van der Waals surface area contributed by atoms with Crippen molar-refractivity contribution in [2.45, 2.75) is 18.9 Å². The van der Waals surface area contributed by atoms with Gasteiger partial charge >= 0.3 is 6.03 Å². The second-order valence-corrected chi connectivity index (χ2v) is 7.70. The molecule has 2 amide bonds. The highest BCUT2D eigenvalue weighted by Crippen LogP contribution is 2.35. The van der Waals surface area contributed by atoms with E-state index < -0.39 is 6.03 Å². The Kier molecular flexibility index (Phi) is 5.50. The first-order chi connectivity index (χ1) is 16.2. The number of fused-ring (bicyclic) bond motifs is 2. The molecular weight excluding hydrogens is 422 g/mol. The molecule has 5 heterocycles. The summed E-state index contributed by atoms with van der Waals surface area (Å²) < 4.78 is 9.39. The molecule has 33 heavy (non-hydrogen) atoms. The third-order valence-corrected chi connectivity index (χ3v) is 5.75. The van der Waals surface area contributed by atoms with Crippen LogP contribution in [0.15, 0.2) is 36.8 Å². The second-order valence-electron chi connectivity index (χ2n) is 7.70. The van der Waals surface area contributed by atoms with Crippen molar-refractivity contribution in [1.29, 1.82) is 5.26 Å². The number of aromatic nitrogens is 5. The minimum Gasteiger partial charge on any atom is -0.381 e. The van der Waals surface area contributed by atoms with E-state index in [4.69, 9.17) is 15.0 Å². The predicted octanol–water partition coefficient (Wildman–Crippen LogP) is 2.78. The second kappa shape index (κ2) is 8.76. The lowest BCUT2D eigenvalue weighted by Gasteiger charge is -2.24. The molecule has 0 aliphatic carbocycles. The smallest absolute Gasteiger partial charge is 0.320 e. The molecule has 1 saturated heterocycles. The number of anilines is 2. The Labute approximate surface area is 189 Å². The zero-order valence-corrected chi connectivity index (χ0v) is 18.1. The minimum absolute atomic E-state index is 0.0931. The Morgan fingerprint density at radius 2 is 2.18 bits per heavy atom. The van der Waals surface area contributed by atoms with Gasteiger partial charge in [-0.25, -0.2) is 14.8 Å². The van der Waals surface area contributed by atoms with Crippen molar-refractivity contribution >= 4 is 34.2 Å². The van der Waals surface area contributed by atoms with Crippen molar-refractivity contribution < 1.29 is 9.53 Å². The zero-order valence-electron chi connectivity index (χ0n) is 18.1. The molecule has 11 nitrogen and oxygen atoms in total. The average molecular weight is 445 g/mol. The molecule has 1 aliphatic heterocycles. The number of pyridine rings is 1. The van der Waals surface area contributed by atoms with Crippen molar-refractivity contribution in [2.24, 2.45) is 0 Å². The Bertz CT molecular complexity index is 1360. The fourth-order valence-corrected chi connectivity index (χ4v) is 4.18. The monoisotopic (exact) mass is 445 g/mol. The summed E-state index contributed by atoms with van der Waals surface area (Å²) in [5.74, 6) is 0.719. The predicted molar refractivity (Wildman–Crippen MR) is 123 cm³/mol. The summed E-state index contributed by atoms with van der Waals surface area (Å²) >= 11 is 0. The molecule has 0 spiro atoms. The van der Waals surface area contributed by atoms with Crippen LogP contribution < -0.4 is 16.0 Å². The molecule has 0 unspecified atom stereocenters. The number of carbonyl (C=O) groups excluding carboxylic acids is 1. The van der Waals surface area contributed by atoms with Crippen LogP contribution >= 0.6 is 0 Å². The van der Waals surface area contributed by atoms with Gasteiger partial charge in [0.05, 0.1) is 18.0 Å². The number of nitrogens with zero attached hydrogens (tertiary/aromatic N) is 6. The number of amides is 2. The van der Waals surface area contributed by atoms with Gasteiger partial charge < -0.3 is 25.3 Å². The first kappa shape index (κ1) is 20.7. The van der Waals surface area contributed by atoms with Crippen LogP contribution in [0.3, 0.4) is 0 Å².